The molecule has 8 rings (SSSR count). The van der Waals surface area contributed by atoms with E-state index in [1.807, 2.05) is 182 Å². The lowest BCUT2D eigenvalue weighted by Crippen LogP contribution is -2.64. The largest absolute Gasteiger partial charge is 0.414 e. The van der Waals surface area contributed by atoms with E-state index in [0.717, 1.165) is 33.4 Å². The molecule has 2 heterocycles. The Morgan fingerprint density at radius 2 is 0.667 bits per heavy atom. The van der Waals surface area contributed by atoms with Gasteiger partial charge in [0.25, 0.3) is 0 Å². The van der Waals surface area contributed by atoms with Crippen molar-refractivity contribution in [1.82, 2.24) is 0 Å². The van der Waals surface area contributed by atoms with E-state index in [4.69, 9.17) is 47.1 Å². The monoisotopic (exact) mass is 996 g/mol. The number of aliphatic hydroxyl groups is 1. The van der Waals surface area contributed by atoms with E-state index in [2.05, 4.69) is 33.9 Å². The highest BCUT2D eigenvalue weighted by Gasteiger charge is 2.52. The predicted octanol–water partition coefficient (Wildman–Crippen LogP) is 11.0. The van der Waals surface area contributed by atoms with Crippen molar-refractivity contribution in [2.45, 2.75) is 140 Å². The summed E-state index contributed by atoms with van der Waals surface area (Å²) in [5.74, 6) is 0. The Morgan fingerprint density at radius 3 is 1.01 bits per heavy atom. The molecule has 2 aliphatic rings. The summed E-state index contributed by atoms with van der Waals surface area (Å²) in [6.45, 7) is 12.8. The van der Waals surface area contributed by atoms with Crippen molar-refractivity contribution in [1.29, 1.82) is 0 Å². The van der Waals surface area contributed by atoms with Gasteiger partial charge >= 0.3 is 0 Å². The molecule has 0 amide bonds. The Morgan fingerprint density at radius 1 is 0.375 bits per heavy atom. The molecule has 0 radical (unpaired) electrons. The van der Waals surface area contributed by atoms with Gasteiger partial charge in [0.05, 0.1) is 52.9 Å². The molecule has 2 saturated heterocycles. The SMILES string of the molecule is CC(C)(C)[Si](C)(C)OC[C@H]1O[C@H](OC[C@H]2O[C@H](O)[C@@H](OCc3ccccc3)[C@@H](OCc3ccccc3)[C@@H]2OCc2ccccc2)[C@@H](OCc2ccccc2)[C@@H](OCc2ccccc2)[C@@H]1OCc1ccccc1. The molecule has 6 aromatic rings. The van der Waals surface area contributed by atoms with Crippen LogP contribution < -0.4 is 0 Å². The van der Waals surface area contributed by atoms with Gasteiger partial charge in [-0.25, -0.2) is 0 Å². The fourth-order valence-corrected chi connectivity index (χ4v) is 9.62. The second-order valence-electron chi connectivity index (χ2n) is 20.1. The molecular weight excluding hydrogens is 925 g/mol. The van der Waals surface area contributed by atoms with E-state index in [0.29, 0.717) is 6.61 Å². The summed E-state index contributed by atoms with van der Waals surface area (Å²) >= 11 is 0. The summed E-state index contributed by atoms with van der Waals surface area (Å²) in [6, 6.07) is 59.9. The minimum atomic E-state index is -2.31. The zero-order valence-electron chi connectivity index (χ0n) is 42.3. The van der Waals surface area contributed by atoms with Crippen LogP contribution in [0.25, 0.3) is 0 Å². The summed E-state index contributed by atoms with van der Waals surface area (Å²) < 4.78 is 68.8. The van der Waals surface area contributed by atoms with Crippen molar-refractivity contribution in [2.75, 3.05) is 13.2 Å². The van der Waals surface area contributed by atoms with Gasteiger partial charge in [-0.3, -0.25) is 0 Å². The summed E-state index contributed by atoms with van der Waals surface area (Å²) in [5, 5.41) is 11.9. The number of aliphatic hydroxyl groups excluding tert-OH is 1. The number of hydrogen-bond acceptors (Lipinski definition) is 11. The smallest absolute Gasteiger partial charge is 0.192 e. The van der Waals surface area contributed by atoms with Crippen LogP contribution in [0.2, 0.25) is 18.1 Å². The van der Waals surface area contributed by atoms with Crippen LogP contribution in [0.5, 0.6) is 0 Å². The van der Waals surface area contributed by atoms with Crippen LogP contribution in [-0.4, -0.2) is 88.0 Å². The fraction of sp³-hybridized carbons (Fsp3) is 0.400. The van der Waals surface area contributed by atoms with Crippen molar-refractivity contribution >= 4 is 8.32 Å². The predicted molar refractivity (Wildman–Crippen MR) is 279 cm³/mol. The Labute approximate surface area is 427 Å². The molecule has 0 bridgehead atoms. The van der Waals surface area contributed by atoms with Crippen molar-refractivity contribution in [3.05, 3.63) is 215 Å². The Balaban J connectivity index is 1.14. The molecule has 10 atom stereocenters. The maximum atomic E-state index is 12.0. The van der Waals surface area contributed by atoms with Crippen LogP contribution in [0.3, 0.4) is 0 Å². The maximum absolute atomic E-state index is 12.0. The summed E-state index contributed by atoms with van der Waals surface area (Å²) in [6.07, 6.45) is -8.60. The van der Waals surface area contributed by atoms with Crippen molar-refractivity contribution in [3.63, 3.8) is 0 Å². The highest BCUT2D eigenvalue weighted by atomic mass is 28.4. The Kier molecular flexibility index (Phi) is 19.5. The van der Waals surface area contributed by atoms with Crippen molar-refractivity contribution in [3.8, 4) is 0 Å². The maximum Gasteiger partial charge on any atom is 0.192 e. The van der Waals surface area contributed by atoms with E-state index in [-0.39, 0.29) is 51.3 Å². The molecule has 0 aliphatic carbocycles. The molecule has 0 aromatic heterocycles. The number of hydrogen-bond donors (Lipinski definition) is 1. The molecule has 72 heavy (non-hydrogen) atoms. The minimum Gasteiger partial charge on any atom is -0.414 e. The van der Waals surface area contributed by atoms with E-state index in [1.54, 1.807) is 0 Å². The van der Waals surface area contributed by atoms with E-state index in [9.17, 15) is 5.11 Å². The summed E-state index contributed by atoms with van der Waals surface area (Å²) in [4.78, 5) is 0. The highest BCUT2D eigenvalue weighted by Crippen LogP contribution is 2.39. The van der Waals surface area contributed by atoms with E-state index in [1.165, 1.54) is 0 Å². The number of ether oxygens (including phenoxy) is 9. The molecule has 1 N–H and O–H groups in total. The molecule has 11 nitrogen and oxygen atoms in total. The zero-order valence-corrected chi connectivity index (χ0v) is 43.3. The van der Waals surface area contributed by atoms with Gasteiger partial charge in [-0.1, -0.05) is 203 Å². The third-order valence-corrected chi connectivity index (χ3v) is 18.3. The second kappa shape index (κ2) is 26.4. The average molecular weight is 997 g/mol. The fourth-order valence-electron chi connectivity index (χ4n) is 8.61. The quantitative estimate of drug-likeness (QED) is 0.0585. The highest BCUT2D eigenvalue weighted by molar-refractivity contribution is 6.74. The van der Waals surface area contributed by atoms with Crippen molar-refractivity contribution < 1.29 is 52.2 Å². The van der Waals surface area contributed by atoms with E-state index < -0.39 is 69.7 Å². The first-order valence-electron chi connectivity index (χ1n) is 25.2. The van der Waals surface area contributed by atoms with Crippen LogP contribution in [0.15, 0.2) is 182 Å². The summed E-state index contributed by atoms with van der Waals surface area (Å²) in [7, 11) is -2.31. The van der Waals surface area contributed by atoms with Gasteiger partial charge in [-0.15, -0.1) is 0 Å². The molecule has 382 valence electrons. The van der Waals surface area contributed by atoms with Gasteiger partial charge in [0, 0.05) is 0 Å². The first kappa shape index (κ1) is 53.4. The molecule has 2 aliphatic heterocycles. The third kappa shape index (κ3) is 15.1. The minimum absolute atomic E-state index is 0.0712. The molecule has 2 fully saturated rings. The second-order valence-corrected chi connectivity index (χ2v) is 24.9. The Bertz CT molecular complexity index is 2430. The summed E-state index contributed by atoms with van der Waals surface area (Å²) in [5.41, 5.74) is 5.83. The van der Waals surface area contributed by atoms with Crippen LogP contribution in [0, 0.1) is 0 Å². The van der Waals surface area contributed by atoms with Gasteiger partial charge in [0.15, 0.2) is 20.9 Å². The molecule has 6 aromatic carbocycles. The standard InChI is InChI=1S/C60H72O11Si/c1-60(2,3)72(4,5)69-43-51-53(63-37-45-26-14-7-15-27-45)55(65-39-47-30-18-9-19-31-47)57(67-41-49-34-22-11-23-35-49)59(71-51)68-42-50-52(62-36-44-24-12-6-13-25-44)54(64-38-46-28-16-8-17-29-46)56(58(61)70-50)66-40-48-32-20-10-21-33-48/h6-35,50-59,61H,36-43H2,1-5H3/t50-,51-,52-,53-,54+,55+,56+,57+,58+,59+/m1/s1. The van der Waals surface area contributed by atoms with Gasteiger partial charge in [-0.05, 0) is 51.5 Å². The number of benzene rings is 6. The van der Waals surface area contributed by atoms with E-state index >= 15 is 0 Å². The Hall–Kier alpha value is -4.90. The lowest BCUT2D eigenvalue weighted by molar-refractivity contribution is -0.348. The molecule has 0 spiro atoms. The lowest BCUT2D eigenvalue weighted by Gasteiger charge is -2.48. The molecule has 0 saturated carbocycles. The molecule has 12 heteroatoms. The lowest BCUT2D eigenvalue weighted by atomic mass is 9.97. The van der Waals surface area contributed by atoms with Crippen molar-refractivity contribution in [2.24, 2.45) is 0 Å². The first-order valence-corrected chi connectivity index (χ1v) is 28.1. The van der Waals surface area contributed by atoms with Gasteiger partial charge in [-0.2, -0.15) is 0 Å². The van der Waals surface area contributed by atoms with Crippen LogP contribution in [0.4, 0.5) is 0 Å². The van der Waals surface area contributed by atoms with Crippen LogP contribution in [0.1, 0.15) is 54.2 Å². The third-order valence-electron chi connectivity index (χ3n) is 13.8. The molecule has 0 unspecified atom stereocenters. The van der Waals surface area contributed by atoms with Gasteiger partial charge in [0.2, 0.25) is 0 Å². The average Bonchev–Trinajstić information content (AvgIpc) is 3.40. The van der Waals surface area contributed by atoms with Gasteiger partial charge < -0.3 is 52.2 Å². The zero-order chi connectivity index (χ0) is 50.2. The van der Waals surface area contributed by atoms with Crippen LogP contribution in [-0.2, 0) is 86.7 Å². The normalized spacial score (nSPS) is 24.8. The number of rotatable bonds is 24. The van der Waals surface area contributed by atoms with Crippen LogP contribution >= 0.6 is 0 Å². The molecular formula is C60H72O11Si. The topological polar surface area (TPSA) is 113 Å². The van der Waals surface area contributed by atoms with Gasteiger partial charge in [0.1, 0.15) is 48.8 Å². The first-order chi connectivity index (χ1) is 35.0.